The molecule has 10 heteroatoms. The molecule has 2 aliphatic heterocycles. The van der Waals surface area contributed by atoms with E-state index in [4.69, 9.17) is 0 Å². The van der Waals surface area contributed by atoms with Crippen LogP contribution in [0, 0.1) is 0 Å². The van der Waals surface area contributed by atoms with Gasteiger partial charge in [0.25, 0.3) is 0 Å². The summed E-state index contributed by atoms with van der Waals surface area (Å²) in [5.74, 6) is -0.998. The van der Waals surface area contributed by atoms with Gasteiger partial charge in [0, 0.05) is 10.9 Å². The molecule has 3 heterocycles. The summed E-state index contributed by atoms with van der Waals surface area (Å²) < 4.78 is 23.7. The van der Waals surface area contributed by atoms with E-state index in [9.17, 15) is 23.1 Å². The Morgan fingerprint density at radius 3 is 2.69 bits per heavy atom. The molecular formula is C16H23ClN2O5S2. The van der Waals surface area contributed by atoms with E-state index in [2.05, 4.69) is 0 Å². The van der Waals surface area contributed by atoms with E-state index in [-0.39, 0.29) is 42.4 Å². The van der Waals surface area contributed by atoms with E-state index >= 15 is 0 Å². The highest BCUT2D eigenvalue weighted by molar-refractivity contribution is 7.91. The molecule has 0 radical (unpaired) electrons. The maximum atomic E-state index is 12.9. The van der Waals surface area contributed by atoms with E-state index in [0.717, 1.165) is 11.3 Å². The van der Waals surface area contributed by atoms with E-state index in [0.29, 0.717) is 25.9 Å². The van der Waals surface area contributed by atoms with Crippen molar-refractivity contribution in [1.82, 2.24) is 9.80 Å². The Labute approximate surface area is 163 Å². The van der Waals surface area contributed by atoms with Gasteiger partial charge in [0.2, 0.25) is 5.91 Å². The van der Waals surface area contributed by atoms with Crippen LogP contribution < -0.4 is 0 Å². The number of rotatable bonds is 6. The summed E-state index contributed by atoms with van der Waals surface area (Å²) in [6.07, 6.45) is 1.75. The minimum absolute atomic E-state index is 0. The highest BCUT2D eigenvalue weighted by Crippen LogP contribution is 2.23. The fraction of sp³-hybridized carbons (Fsp3) is 0.625. The number of nitrogens with zero attached hydrogens (tertiary/aromatic N) is 2. The first kappa shape index (κ1) is 21.1. The van der Waals surface area contributed by atoms with Gasteiger partial charge in [0.05, 0.1) is 24.6 Å². The van der Waals surface area contributed by atoms with Gasteiger partial charge in [-0.1, -0.05) is 6.07 Å². The first-order chi connectivity index (χ1) is 11.9. The standard InChI is InChI=1S/C16H22N2O5S2.ClH/c19-15(10-17-6-1-4-14(17)16(20)21)18(9-13-3-2-7-24-13)12-5-8-25(22,23)11-12;/h2-3,7,12,14H,1,4-6,8-11H2,(H,20,21);1H. The zero-order chi connectivity index (χ0) is 18.0. The molecule has 0 aromatic carbocycles. The predicted octanol–water partition coefficient (Wildman–Crippen LogP) is 1.23. The van der Waals surface area contributed by atoms with Gasteiger partial charge in [-0.25, -0.2) is 8.42 Å². The average molecular weight is 423 g/mol. The molecule has 0 spiro atoms. The smallest absolute Gasteiger partial charge is 0.320 e. The van der Waals surface area contributed by atoms with Crippen molar-refractivity contribution in [2.24, 2.45) is 0 Å². The van der Waals surface area contributed by atoms with Crippen molar-refractivity contribution in [2.45, 2.75) is 37.9 Å². The van der Waals surface area contributed by atoms with Crippen molar-refractivity contribution in [3.63, 3.8) is 0 Å². The Balaban J connectivity index is 0.00000243. The van der Waals surface area contributed by atoms with E-state index in [1.54, 1.807) is 9.80 Å². The minimum Gasteiger partial charge on any atom is -0.480 e. The number of carbonyl (C=O) groups excluding carboxylic acids is 1. The van der Waals surface area contributed by atoms with Crippen LogP contribution in [0.15, 0.2) is 17.5 Å². The lowest BCUT2D eigenvalue weighted by Gasteiger charge is -2.30. The third-order valence-corrected chi connectivity index (χ3v) is 7.47. The number of sulfone groups is 1. The Morgan fingerprint density at radius 2 is 2.12 bits per heavy atom. The topological polar surface area (TPSA) is 95.0 Å². The number of aliphatic carboxylic acids is 1. The largest absolute Gasteiger partial charge is 0.480 e. The van der Waals surface area contributed by atoms with Gasteiger partial charge in [0.1, 0.15) is 6.04 Å². The monoisotopic (exact) mass is 422 g/mol. The van der Waals surface area contributed by atoms with E-state index in [1.807, 2.05) is 17.5 Å². The Hall–Kier alpha value is -1.16. The Kier molecular flexibility index (Phi) is 7.06. The van der Waals surface area contributed by atoms with Crippen molar-refractivity contribution in [3.05, 3.63) is 22.4 Å². The quantitative estimate of drug-likeness (QED) is 0.741. The summed E-state index contributed by atoms with van der Waals surface area (Å²) in [4.78, 5) is 28.5. The van der Waals surface area contributed by atoms with Crippen LogP contribution in [0.5, 0.6) is 0 Å². The molecule has 0 bridgehead atoms. The maximum absolute atomic E-state index is 12.9. The molecule has 26 heavy (non-hydrogen) atoms. The van der Waals surface area contributed by atoms with E-state index < -0.39 is 21.8 Å². The number of carboxylic acid groups (broad SMARTS) is 1. The van der Waals surface area contributed by atoms with Crippen molar-refractivity contribution >= 4 is 45.5 Å². The van der Waals surface area contributed by atoms with Gasteiger partial charge in [-0.05, 0) is 37.3 Å². The highest BCUT2D eigenvalue weighted by atomic mass is 35.5. The molecule has 1 N–H and O–H groups in total. The number of hydrogen-bond donors (Lipinski definition) is 1. The second-order valence-electron chi connectivity index (χ2n) is 6.62. The van der Waals surface area contributed by atoms with Gasteiger partial charge in [0.15, 0.2) is 9.84 Å². The third kappa shape index (κ3) is 4.97. The van der Waals surface area contributed by atoms with Crippen LogP contribution in [0.25, 0.3) is 0 Å². The molecule has 1 aromatic heterocycles. The zero-order valence-electron chi connectivity index (χ0n) is 14.2. The van der Waals surface area contributed by atoms with Crippen LogP contribution >= 0.6 is 23.7 Å². The molecule has 2 unspecified atom stereocenters. The van der Waals surface area contributed by atoms with Gasteiger partial charge >= 0.3 is 5.97 Å². The summed E-state index contributed by atoms with van der Waals surface area (Å²) in [5.41, 5.74) is 0. The molecular weight excluding hydrogens is 400 g/mol. The molecule has 3 rings (SSSR count). The molecule has 2 aliphatic rings. The summed E-state index contributed by atoms with van der Waals surface area (Å²) in [7, 11) is -3.10. The lowest BCUT2D eigenvalue weighted by Crippen LogP contribution is -2.48. The normalized spacial score (nSPS) is 24.9. The second kappa shape index (κ2) is 8.69. The number of hydrogen-bond acceptors (Lipinski definition) is 6. The van der Waals surface area contributed by atoms with Crippen LogP contribution in [-0.4, -0.2) is 71.9 Å². The van der Waals surface area contributed by atoms with Crippen molar-refractivity contribution in [1.29, 1.82) is 0 Å². The SMILES string of the molecule is Cl.O=C(O)C1CCCN1CC(=O)N(Cc1cccs1)C1CCS(=O)(=O)C1. The maximum Gasteiger partial charge on any atom is 0.320 e. The highest BCUT2D eigenvalue weighted by Gasteiger charge is 2.37. The fourth-order valence-corrected chi connectivity index (χ4v) is 6.01. The van der Waals surface area contributed by atoms with Gasteiger partial charge in [-0.3, -0.25) is 14.5 Å². The van der Waals surface area contributed by atoms with Gasteiger partial charge in [-0.15, -0.1) is 23.7 Å². The number of carboxylic acids is 1. The molecule has 1 amide bonds. The molecule has 7 nitrogen and oxygen atoms in total. The van der Waals surface area contributed by atoms with Gasteiger partial charge < -0.3 is 10.0 Å². The molecule has 1 aromatic rings. The summed E-state index contributed by atoms with van der Waals surface area (Å²) in [6.45, 7) is 0.986. The Morgan fingerprint density at radius 1 is 1.35 bits per heavy atom. The van der Waals surface area contributed by atoms with Crippen molar-refractivity contribution in [2.75, 3.05) is 24.6 Å². The number of thiophene rings is 1. The molecule has 2 fully saturated rings. The van der Waals surface area contributed by atoms with Crippen LogP contribution in [0.2, 0.25) is 0 Å². The number of carbonyl (C=O) groups is 2. The summed E-state index contributed by atoms with van der Waals surface area (Å²) >= 11 is 1.52. The number of amides is 1. The second-order valence-corrected chi connectivity index (χ2v) is 9.89. The molecule has 2 atom stereocenters. The molecule has 146 valence electrons. The Bertz CT molecular complexity index is 738. The van der Waals surface area contributed by atoms with Crippen LogP contribution in [0.4, 0.5) is 0 Å². The average Bonchev–Trinajstić information content (AvgIpc) is 3.25. The fourth-order valence-electron chi connectivity index (χ4n) is 3.57. The van der Waals surface area contributed by atoms with Crippen molar-refractivity contribution < 1.29 is 23.1 Å². The van der Waals surface area contributed by atoms with E-state index in [1.165, 1.54) is 11.3 Å². The minimum atomic E-state index is -3.10. The van der Waals surface area contributed by atoms with Crippen LogP contribution in [0.3, 0.4) is 0 Å². The third-order valence-electron chi connectivity index (χ3n) is 4.86. The lowest BCUT2D eigenvalue weighted by atomic mass is 10.2. The predicted molar refractivity (Wildman–Crippen MR) is 101 cm³/mol. The van der Waals surface area contributed by atoms with Crippen LogP contribution in [-0.2, 0) is 26.0 Å². The molecule has 0 aliphatic carbocycles. The summed E-state index contributed by atoms with van der Waals surface area (Å²) in [6, 6.07) is 2.87. The number of likely N-dealkylation sites (tertiary alicyclic amines) is 1. The lowest BCUT2D eigenvalue weighted by molar-refractivity contribution is -0.143. The van der Waals surface area contributed by atoms with Crippen LogP contribution in [0.1, 0.15) is 24.1 Å². The number of halogens is 1. The molecule has 2 saturated heterocycles. The first-order valence-corrected chi connectivity index (χ1v) is 11.0. The van der Waals surface area contributed by atoms with Crippen molar-refractivity contribution in [3.8, 4) is 0 Å². The zero-order valence-corrected chi connectivity index (χ0v) is 16.7. The molecule has 0 saturated carbocycles. The van der Waals surface area contributed by atoms with Gasteiger partial charge in [-0.2, -0.15) is 0 Å². The summed E-state index contributed by atoms with van der Waals surface area (Å²) in [5, 5.41) is 11.2. The first-order valence-electron chi connectivity index (χ1n) is 8.35.